The zero-order chi connectivity index (χ0) is 41.6. The number of fused-ring (bicyclic) bond motifs is 4. The average Bonchev–Trinajstić information content (AvgIpc) is 3.77. The number of nitrogens with two attached hydrogens (primary N) is 1. The van der Waals surface area contributed by atoms with Crippen molar-refractivity contribution >= 4 is 44.6 Å². The molecule has 0 saturated heterocycles. The molecule has 0 bridgehead atoms. The maximum absolute atomic E-state index is 7.09. The van der Waals surface area contributed by atoms with Gasteiger partial charge in [0, 0.05) is 33.1 Å². The number of unbranched alkanes of at least 4 members (excludes halogenated alkanes) is 2. The highest BCUT2D eigenvalue weighted by Crippen LogP contribution is 2.39. The summed E-state index contributed by atoms with van der Waals surface area (Å²) in [5.74, 6) is 2.26. The van der Waals surface area contributed by atoms with Gasteiger partial charge >= 0.3 is 0 Å². The lowest BCUT2D eigenvalue weighted by Gasteiger charge is -2.15. The van der Waals surface area contributed by atoms with Crippen LogP contribution in [-0.4, -0.2) is 9.13 Å². The van der Waals surface area contributed by atoms with Gasteiger partial charge in [0.15, 0.2) is 0 Å². The Morgan fingerprint density at radius 3 is 1.68 bits per heavy atom. The third-order valence-electron chi connectivity index (χ3n) is 13.1. The van der Waals surface area contributed by atoms with Crippen molar-refractivity contribution < 1.29 is 0 Å². The first-order valence-corrected chi connectivity index (χ1v) is 22.8. The minimum Gasteiger partial charge on any atom is -0.384 e. The molecule has 2 unspecified atom stereocenters. The number of allylic oxidation sites excluding steroid dienone is 1. The van der Waals surface area contributed by atoms with E-state index in [0.717, 1.165) is 58.2 Å². The number of rotatable bonds is 17. The summed E-state index contributed by atoms with van der Waals surface area (Å²) < 4.78 is 4.65. The molecule has 8 rings (SSSR count). The maximum Gasteiger partial charge on any atom is 0.116 e. The predicted molar refractivity (Wildman–Crippen MR) is 262 cm³/mol. The van der Waals surface area contributed by atoms with Crippen LogP contribution < -0.4 is 5.73 Å². The Hall–Kier alpha value is -5.80. The summed E-state index contributed by atoms with van der Waals surface area (Å²) in [7, 11) is 0. The minimum absolute atomic E-state index is 0.751. The van der Waals surface area contributed by atoms with E-state index in [1.54, 1.807) is 0 Å². The topological polar surface area (TPSA) is 35.9 Å². The van der Waals surface area contributed by atoms with Crippen molar-refractivity contribution in [1.82, 2.24) is 9.13 Å². The normalized spacial score (nSPS) is 12.9. The Morgan fingerprint density at radius 2 is 1.05 bits per heavy atom. The van der Waals surface area contributed by atoms with Gasteiger partial charge in [-0.15, -0.1) is 0 Å². The van der Waals surface area contributed by atoms with Crippen molar-refractivity contribution in [2.24, 2.45) is 11.8 Å². The van der Waals surface area contributed by atoms with Crippen molar-refractivity contribution in [3.8, 4) is 33.6 Å². The number of hydrogen-bond donors (Lipinski definition) is 1. The molecule has 2 aromatic heterocycles. The van der Waals surface area contributed by atoms with Crippen molar-refractivity contribution in [3.63, 3.8) is 0 Å². The van der Waals surface area contributed by atoms with Gasteiger partial charge in [0.2, 0.25) is 0 Å². The molecule has 3 nitrogen and oxygen atoms in total. The van der Waals surface area contributed by atoms with Crippen LogP contribution >= 0.6 is 0 Å². The van der Waals surface area contributed by atoms with Gasteiger partial charge in [0.1, 0.15) is 5.82 Å². The highest BCUT2D eigenvalue weighted by Gasteiger charge is 2.18. The third-order valence-corrected chi connectivity index (χ3v) is 13.1. The maximum atomic E-state index is 7.09. The Balaban J connectivity index is 1.12. The number of aromatic nitrogens is 2. The molecule has 6 aromatic carbocycles. The van der Waals surface area contributed by atoms with Crippen molar-refractivity contribution in [2.45, 2.75) is 98.8 Å². The van der Waals surface area contributed by atoms with Gasteiger partial charge in [-0.05, 0) is 120 Å². The van der Waals surface area contributed by atoms with E-state index in [2.05, 4.69) is 189 Å². The highest BCUT2D eigenvalue weighted by atomic mass is 15.1. The Bertz CT molecular complexity index is 2720. The van der Waals surface area contributed by atoms with Crippen LogP contribution in [0, 0.1) is 11.8 Å². The van der Waals surface area contributed by atoms with Crippen molar-refractivity contribution in [1.29, 1.82) is 0 Å². The zero-order valence-electron chi connectivity index (χ0n) is 36.6. The van der Waals surface area contributed by atoms with Gasteiger partial charge in [-0.25, -0.2) is 0 Å². The van der Waals surface area contributed by atoms with Crippen LogP contribution in [0.4, 0.5) is 5.82 Å². The van der Waals surface area contributed by atoms with Gasteiger partial charge < -0.3 is 10.3 Å². The van der Waals surface area contributed by atoms with Crippen molar-refractivity contribution in [3.05, 3.63) is 156 Å². The van der Waals surface area contributed by atoms with E-state index in [0.29, 0.717) is 0 Å². The summed E-state index contributed by atoms with van der Waals surface area (Å²) in [4.78, 5) is 0. The van der Waals surface area contributed by atoms with Gasteiger partial charge in [-0.1, -0.05) is 170 Å². The molecule has 8 aromatic rings. The first-order valence-electron chi connectivity index (χ1n) is 22.8. The lowest BCUT2D eigenvalue weighted by atomic mass is 9.91. The molecular weight excluding hydrogens is 727 g/mol. The second-order valence-corrected chi connectivity index (χ2v) is 17.1. The quantitative estimate of drug-likeness (QED) is 0.0980. The zero-order valence-corrected chi connectivity index (χ0v) is 36.6. The van der Waals surface area contributed by atoms with Crippen LogP contribution in [0.15, 0.2) is 140 Å². The first-order chi connectivity index (χ1) is 29.4. The van der Waals surface area contributed by atoms with E-state index in [9.17, 15) is 0 Å². The van der Waals surface area contributed by atoms with E-state index in [-0.39, 0.29) is 0 Å². The molecule has 2 atom stereocenters. The largest absolute Gasteiger partial charge is 0.384 e. The summed E-state index contributed by atoms with van der Waals surface area (Å²) in [6.07, 6.45) is 16.8. The predicted octanol–water partition coefficient (Wildman–Crippen LogP) is 16.2. The summed E-state index contributed by atoms with van der Waals surface area (Å²) in [6.45, 7) is 11.3. The smallest absolute Gasteiger partial charge is 0.116 e. The van der Waals surface area contributed by atoms with Crippen LogP contribution in [0.2, 0.25) is 0 Å². The van der Waals surface area contributed by atoms with Crippen LogP contribution in [0.5, 0.6) is 0 Å². The molecule has 0 radical (unpaired) electrons. The Morgan fingerprint density at radius 1 is 0.500 bits per heavy atom. The molecule has 0 amide bonds. The van der Waals surface area contributed by atoms with E-state index in [1.165, 1.54) is 107 Å². The first kappa shape index (κ1) is 41.0. The number of anilines is 1. The SMILES string of the molecule is C/C=C\c1c(N)n(-c2cccc(-c3ccc4c(c3)c3ccccc3n4-c3ccc(CC(CC)CCCC)cc3)c2)c2ccc(-c3ccc(CC(CC)CCCC)cc3)cc12. The fraction of sp³-hybridized carbons (Fsp3) is 0.298. The van der Waals surface area contributed by atoms with Crippen LogP contribution in [0.3, 0.4) is 0 Å². The van der Waals surface area contributed by atoms with Crippen LogP contribution in [0.1, 0.15) is 103 Å². The Kier molecular flexibility index (Phi) is 12.7. The number of nitrogens with zero attached hydrogens (tertiary/aromatic N) is 2. The Labute approximate surface area is 358 Å². The summed E-state index contributed by atoms with van der Waals surface area (Å²) in [5.41, 5.74) is 21.6. The molecule has 2 N–H and O–H groups in total. The fourth-order valence-electron chi connectivity index (χ4n) is 9.56. The molecule has 2 heterocycles. The number of para-hydroxylation sites is 1. The molecule has 0 spiro atoms. The number of hydrogen-bond acceptors (Lipinski definition) is 1. The second-order valence-electron chi connectivity index (χ2n) is 17.1. The van der Waals surface area contributed by atoms with Crippen molar-refractivity contribution in [2.75, 3.05) is 5.73 Å². The minimum atomic E-state index is 0.751. The molecule has 3 heteroatoms. The summed E-state index contributed by atoms with van der Waals surface area (Å²) in [6, 6.07) is 50.0. The third kappa shape index (κ3) is 8.33. The molecule has 0 fully saturated rings. The van der Waals surface area contributed by atoms with Gasteiger partial charge in [-0.2, -0.15) is 0 Å². The number of nitrogen functional groups attached to an aromatic ring is 1. The molecule has 0 aliphatic rings. The highest BCUT2D eigenvalue weighted by molar-refractivity contribution is 6.10. The van der Waals surface area contributed by atoms with E-state index in [4.69, 9.17) is 5.73 Å². The second kappa shape index (κ2) is 18.6. The summed E-state index contributed by atoms with van der Waals surface area (Å²) in [5, 5.41) is 3.68. The molecule has 0 aliphatic heterocycles. The lowest BCUT2D eigenvalue weighted by Crippen LogP contribution is -2.03. The molecule has 60 heavy (non-hydrogen) atoms. The van der Waals surface area contributed by atoms with E-state index in [1.807, 2.05) is 0 Å². The molecule has 0 aliphatic carbocycles. The average molecular weight is 790 g/mol. The van der Waals surface area contributed by atoms with Crippen LogP contribution in [-0.2, 0) is 12.8 Å². The van der Waals surface area contributed by atoms with Gasteiger partial charge in [0.25, 0.3) is 0 Å². The molecule has 0 saturated carbocycles. The monoisotopic (exact) mass is 790 g/mol. The molecule has 306 valence electrons. The lowest BCUT2D eigenvalue weighted by molar-refractivity contribution is 0.449. The van der Waals surface area contributed by atoms with Gasteiger partial charge in [-0.3, -0.25) is 4.57 Å². The van der Waals surface area contributed by atoms with Gasteiger partial charge in [0.05, 0.1) is 16.6 Å². The fourth-order valence-corrected chi connectivity index (χ4v) is 9.56. The van der Waals surface area contributed by atoms with Crippen LogP contribution in [0.25, 0.3) is 72.4 Å². The summed E-state index contributed by atoms with van der Waals surface area (Å²) >= 11 is 0. The van der Waals surface area contributed by atoms with E-state index < -0.39 is 0 Å². The molecular formula is C57H63N3. The standard InChI is InChI=1S/C57H63N3/c1-6-11-17-40(9-4)35-42-23-27-44(28-24-42)46-29-34-56-53(38-46)51(16-8-3)57(58)60(56)49-20-15-19-45(37-49)47-30-33-55-52(39-47)50-21-13-14-22-54(50)59(55)48-31-25-43(26-32-48)36-41(10-5)18-12-7-2/h8,13-16,19-34,37-41H,6-7,9-12,17-18,35-36,58H2,1-5H3/b16-8-. The number of benzene rings is 6. The van der Waals surface area contributed by atoms with E-state index >= 15 is 0 Å².